The van der Waals surface area contributed by atoms with Crippen molar-refractivity contribution in [1.29, 1.82) is 0 Å². The molecule has 7 nitrogen and oxygen atoms in total. The van der Waals surface area contributed by atoms with E-state index in [0.717, 1.165) is 16.9 Å². The lowest BCUT2D eigenvalue weighted by atomic mass is 10.1. The van der Waals surface area contributed by atoms with Gasteiger partial charge in [0.2, 0.25) is 0 Å². The van der Waals surface area contributed by atoms with Crippen molar-refractivity contribution in [2.75, 3.05) is 12.0 Å². The molecule has 0 aliphatic rings. The summed E-state index contributed by atoms with van der Waals surface area (Å²) >= 11 is 1.11. The SMILES string of the molecule is CS(=O)(=O)O.NC(=O)c1sc(N)nc1-c1ccccc1. The maximum atomic E-state index is 11.1. The number of rotatable bonds is 2. The van der Waals surface area contributed by atoms with E-state index >= 15 is 0 Å². The predicted octanol–water partition coefficient (Wildman–Crippen LogP) is 0.995. The lowest BCUT2D eigenvalue weighted by Crippen LogP contribution is -2.10. The van der Waals surface area contributed by atoms with Gasteiger partial charge in [-0.2, -0.15) is 8.42 Å². The third-order valence-corrected chi connectivity index (χ3v) is 2.81. The van der Waals surface area contributed by atoms with E-state index in [1.165, 1.54) is 0 Å². The number of anilines is 1. The van der Waals surface area contributed by atoms with Gasteiger partial charge >= 0.3 is 0 Å². The number of amides is 1. The average molecular weight is 315 g/mol. The van der Waals surface area contributed by atoms with Gasteiger partial charge in [-0.05, 0) is 0 Å². The van der Waals surface area contributed by atoms with Crippen LogP contribution < -0.4 is 11.5 Å². The largest absolute Gasteiger partial charge is 0.375 e. The molecule has 0 atom stereocenters. The molecular formula is C11H13N3O4S2. The summed E-state index contributed by atoms with van der Waals surface area (Å²) in [5, 5.41) is 0.350. The molecule has 0 bridgehead atoms. The normalized spacial score (nSPS) is 10.5. The second-order valence-electron chi connectivity index (χ2n) is 3.69. The predicted molar refractivity (Wildman–Crippen MR) is 78.0 cm³/mol. The molecule has 0 radical (unpaired) electrons. The van der Waals surface area contributed by atoms with Crippen LogP contribution in [0.5, 0.6) is 0 Å². The number of nitrogen functional groups attached to an aromatic ring is 1. The van der Waals surface area contributed by atoms with Crippen LogP contribution in [0.4, 0.5) is 5.13 Å². The molecule has 0 unspecified atom stereocenters. The highest BCUT2D eigenvalue weighted by Crippen LogP contribution is 2.28. The van der Waals surface area contributed by atoms with Crippen LogP contribution in [0, 0.1) is 0 Å². The molecule has 9 heteroatoms. The van der Waals surface area contributed by atoms with Crippen LogP contribution in [0.25, 0.3) is 11.3 Å². The van der Waals surface area contributed by atoms with Crippen molar-refractivity contribution in [3.05, 3.63) is 35.2 Å². The standard InChI is InChI=1S/C10H9N3OS.CH4O3S/c11-9(14)8-7(13-10(12)15-8)6-4-2-1-3-5-6;1-5(2,3)4/h1-5H,(H2,11,14)(H2,12,13);1H3,(H,2,3,4). The molecular weight excluding hydrogens is 302 g/mol. The van der Waals surface area contributed by atoms with Gasteiger partial charge in [-0.3, -0.25) is 9.35 Å². The van der Waals surface area contributed by atoms with E-state index in [0.29, 0.717) is 22.0 Å². The summed E-state index contributed by atoms with van der Waals surface area (Å²) in [5.41, 5.74) is 12.2. The van der Waals surface area contributed by atoms with E-state index in [-0.39, 0.29) is 0 Å². The van der Waals surface area contributed by atoms with Gasteiger partial charge in [0.1, 0.15) is 4.88 Å². The number of carbonyl (C=O) groups excluding carboxylic acids is 1. The van der Waals surface area contributed by atoms with Crippen LogP contribution in [0.15, 0.2) is 30.3 Å². The monoisotopic (exact) mass is 315 g/mol. The van der Waals surface area contributed by atoms with E-state index in [4.69, 9.17) is 16.0 Å². The lowest BCUT2D eigenvalue weighted by molar-refractivity contribution is 0.100. The summed E-state index contributed by atoms with van der Waals surface area (Å²) in [6.45, 7) is 0. The number of aromatic nitrogens is 1. The van der Waals surface area contributed by atoms with Crippen LogP contribution in [0.2, 0.25) is 0 Å². The topological polar surface area (TPSA) is 136 Å². The van der Waals surface area contributed by atoms with E-state index in [1.54, 1.807) is 0 Å². The van der Waals surface area contributed by atoms with Gasteiger partial charge < -0.3 is 11.5 Å². The third-order valence-electron chi connectivity index (χ3n) is 1.91. The number of thiazole rings is 1. The maximum Gasteiger partial charge on any atom is 0.261 e. The van der Waals surface area contributed by atoms with Gasteiger partial charge in [0.05, 0.1) is 11.9 Å². The number of hydrogen-bond donors (Lipinski definition) is 3. The van der Waals surface area contributed by atoms with Crippen molar-refractivity contribution >= 4 is 32.5 Å². The first-order chi connectivity index (χ1) is 9.18. The number of benzene rings is 1. The minimum atomic E-state index is -3.67. The van der Waals surface area contributed by atoms with E-state index in [2.05, 4.69) is 4.98 Å². The Morgan fingerprint density at radius 1 is 1.30 bits per heavy atom. The van der Waals surface area contributed by atoms with Crippen LogP contribution >= 0.6 is 11.3 Å². The molecule has 1 aromatic carbocycles. The molecule has 0 spiro atoms. The van der Waals surface area contributed by atoms with Crippen molar-refractivity contribution in [3.63, 3.8) is 0 Å². The maximum absolute atomic E-state index is 11.1. The Morgan fingerprint density at radius 2 is 1.80 bits per heavy atom. The Morgan fingerprint density at radius 3 is 2.25 bits per heavy atom. The van der Waals surface area contributed by atoms with E-state index in [1.807, 2.05) is 30.3 Å². The highest BCUT2D eigenvalue weighted by atomic mass is 32.2. The Balaban J connectivity index is 0.000000347. The zero-order chi connectivity index (χ0) is 15.3. The molecule has 20 heavy (non-hydrogen) atoms. The Bertz CT molecular complexity index is 688. The summed E-state index contributed by atoms with van der Waals surface area (Å²) in [5.74, 6) is -0.497. The first kappa shape index (κ1) is 16.1. The van der Waals surface area contributed by atoms with E-state index < -0.39 is 16.0 Å². The van der Waals surface area contributed by atoms with Crippen molar-refractivity contribution < 1.29 is 17.8 Å². The Labute approximate surface area is 120 Å². The molecule has 0 aliphatic carbocycles. The molecule has 0 saturated heterocycles. The molecule has 1 amide bonds. The second kappa shape index (κ2) is 6.46. The average Bonchev–Trinajstić information content (AvgIpc) is 2.70. The van der Waals surface area contributed by atoms with Crippen molar-refractivity contribution in [2.24, 2.45) is 5.73 Å². The van der Waals surface area contributed by atoms with Crippen molar-refractivity contribution in [2.45, 2.75) is 0 Å². The molecule has 0 aliphatic heterocycles. The van der Waals surface area contributed by atoms with Crippen molar-refractivity contribution in [3.8, 4) is 11.3 Å². The quantitative estimate of drug-likeness (QED) is 0.707. The van der Waals surface area contributed by atoms with Crippen LogP contribution in [0.3, 0.4) is 0 Å². The Kier molecular flexibility index (Phi) is 5.19. The van der Waals surface area contributed by atoms with Crippen LogP contribution in [-0.2, 0) is 10.1 Å². The summed E-state index contributed by atoms with van der Waals surface area (Å²) in [6.07, 6.45) is 0.715. The van der Waals surface area contributed by atoms with Gasteiger partial charge in [0.25, 0.3) is 16.0 Å². The molecule has 1 heterocycles. The van der Waals surface area contributed by atoms with Crippen molar-refractivity contribution in [1.82, 2.24) is 4.98 Å². The number of nitrogens with zero attached hydrogens (tertiary/aromatic N) is 1. The van der Waals surface area contributed by atoms with Crippen LogP contribution in [-0.4, -0.2) is 30.1 Å². The smallest absolute Gasteiger partial charge is 0.261 e. The fourth-order valence-electron chi connectivity index (χ4n) is 1.30. The first-order valence-corrected chi connectivity index (χ1v) is 7.89. The highest BCUT2D eigenvalue weighted by molar-refractivity contribution is 7.85. The molecule has 0 saturated carbocycles. The molecule has 0 fully saturated rings. The lowest BCUT2D eigenvalue weighted by Gasteiger charge is -1.97. The van der Waals surface area contributed by atoms with E-state index in [9.17, 15) is 13.2 Å². The zero-order valence-corrected chi connectivity index (χ0v) is 12.1. The number of primary amides is 1. The molecule has 2 aromatic rings. The fraction of sp³-hybridized carbons (Fsp3) is 0.0909. The molecule has 5 N–H and O–H groups in total. The molecule has 2 rings (SSSR count). The molecule has 1 aromatic heterocycles. The van der Waals surface area contributed by atoms with Gasteiger partial charge in [-0.1, -0.05) is 41.7 Å². The van der Waals surface area contributed by atoms with Crippen LogP contribution in [0.1, 0.15) is 9.67 Å². The van der Waals surface area contributed by atoms with Gasteiger partial charge in [0, 0.05) is 5.56 Å². The molecule has 108 valence electrons. The summed E-state index contributed by atoms with van der Waals surface area (Å²) in [7, 11) is -3.67. The third kappa shape index (κ3) is 5.34. The number of hydrogen-bond acceptors (Lipinski definition) is 6. The van der Waals surface area contributed by atoms with Gasteiger partial charge in [-0.25, -0.2) is 4.98 Å². The summed E-state index contributed by atoms with van der Waals surface area (Å²) in [4.78, 5) is 15.6. The minimum Gasteiger partial charge on any atom is -0.375 e. The summed E-state index contributed by atoms with van der Waals surface area (Å²) in [6, 6.07) is 9.36. The fourth-order valence-corrected chi connectivity index (χ4v) is 2.00. The first-order valence-electron chi connectivity index (χ1n) is 5.22. The van der Waals surface area contributed by atoms with Gasteiger partial charge in [0.15, 0.2) is 5.13 Å². The Hall–Kier alpha value is -1.97. The highest BCUT2D eigenvalue weighted by Gasteiger charge is 2.15. The second-order valence-corrected chi connectivity index (χ2v) is 6.19. The summed E-state index contributed by atoms with van der Waals surface area (Å²) < 4.78 is 25.9. The minimum absolute atomic E-state index is 0.350. The number of nitrogens with two attached hydrogens (primary N) is 2. The zero-order valence-electron chi connectivity index (χ0n) is 10.5. The van der Waals surface area contributed by atoms with Gasteiger partial charge in [-0.15, -0.1) is 0 Å². The number of carbonyl (C=O) groups is 1.